The molecule has 12 nitrogen and oxygen atoms in total. The Labute approximate surface area is 219 Å². The van der Waals surface area contributed by atoms with E-state index < -0.39 is 17.9 Å². The van der Waals surface area contributed by atoms with Gasteiger partial charge in [-0.25, -0.2) is 4.79 Å². The lowest BCUT2D eigenvalue weighted by Gasteiger charge is -2.47. The van der Waals surface area contributed by atoms with Crippen molar-refractivity contribution in [3.63, 3.8) is 0 Å². The molecule has 14 heteroatoms. The first-order valence-corrected chi connectivity index (χ1v) is 13.3. The van der Waals surface area contributed by atoms with Crippen LogP contribution in [0.4, 0.5) is 5.13 Å². The maximum absolute atomic E-state index is 13.0. The molecule has 2 atom stereocenters. The van der Waals surface area contributed by atoms with Gasteiger partial charge in [0.05, 0.1) is 0 Å². The number of β-lactam (4-membered cyclic amide) rings is 1. The minimum Gasteiger partial charge on any atom is -0.477 e. The average molecular weight is 543 g/mol. The summed E-state index contributed by atoms with van der Waals surface area (Å²) in [4.78, 5) is 52.2. The van der Waals surface area contributed by atoms with E-state index in [4.69, 9.17) is 5.73 Å². The zero-order valence-corrected chi connectivity index (χ0v) is 21.4. The van der Waals surface area contributed by atoms with Crippen molar-refractivity contribution in [2.45, 2.75) is 37.8 Å². The fourth-order valence-corrected chi connectivity index (χ4v) is 6.26. The predicted octanol–water partition coefficient (Wildman–Crippen LogP) is 0.0125. The fraction of sp³-hybridized carbons (Fsp3) is 0.348. The second-order valence-corrected chi connectivity index (χ2v) is 11.1. The van der Waals surface area contributed by atoms with Crippen LogP contribution in [0.3, 0.4) is 0 Å². The number of thioether (sulfide) groups is 1. The highest BCUT2D eigenvalue weighted by Gasteiger charge is 2.51. The minimum absolute atomic E-state index is 0.0906. The third-order valence-electron chi connectivity index (χ3n) is 6.24. The summed E-state index contributed by atoms with van der Waals surface area (Å²) in [6, 6.07) is 2.99. The number of carbonyl (C=O) groups excluding carboxylic acids is 3. The van der Waals surface area contributed by atoms with Crippen molar-refractivity contribution in [1.29, 1.82) is 0 Å². The number of rotatable bonds is 7. The lowest BCUT2D eigenvalue weighted by molar-refractivity contribution is -0.684. The molecule has 2 aromatic rings. The van der Waals surface area contributed by atoms with E-state index in [1.165, 1.54) is 28.0 Å². The molecule has 3 amide bonds. The first-order chi connectivity index (χ1) is 17.7. The summed E-state index contributed by atoms with van der Waals surface area (Å²) in [6.07, 6.45) is 5.63. The Hall–Kier alpha value is -3.62. The molecule has 4 N–H and O–H groups in total. The van der Waals surface area contributed by atoms with Crippen LogP contribution in [0, 0.1) is 6.92 Å². The van der Waals surface area contributed by atoms with Gasteiger partial charge in [-0.3, -0.25) is 24.6 Å². The van der Waals surface area contributed by atoms with Crippen LogP contribution in [0.15, 0.2) is 47.4 Å². The number of hydrogen-bond donors (Lipinski definition) is 3. The van der Waals surface area contributed by atoms with E-state index in [-0.39, 0.29) is 29.4 Å². The molecule has 5 heterocycles. The number of aromatic nitrogens is 3. The van der Waals surface area contributed by atoms with Crippen molar-refractivity contribution in [1.82, 2.24) is 20.0 Å². The Balaban J connectivity index is 1.22. The highest BCUT2D eigenvalue weighted by molar-refractivity contribution is 8.00. The van der Waals surface area contributed by atoms with Gasteiger partial charge in [0.25, 0.3) is 5.91 Å². The number of allylic oxidation sites excluding steroid dienone is 1. The molecule has 192 valence electrons. The summed E-state index contributed by atoms with van der Waals surface area (Å²) >= 11 is 2.70. The minimum atomic E-state index is -1.20. The van der Waals surface area contributed by atoms with Crippen LogP contribution in [0.25, 0.3) is 0 Å². The number of carboxylic acid groups (broad SMARTS) is 1. The van der Waals surface area contributed by atoms with Crippen LogP contribution < -0.4 is 15.6 Å². The molecule has 2 aromatic heterocycles. The molecule has 37 heavy (non-hydrogen) atoms. The van der Waals surface area contributed by atoms with E-state index >= 15 is 0 Å². The van der Waals surface area contributed by atoms with E-state index in [2.05, 4.69) is 15.5 Å². The molecule has 5 rings (SSSR count). The van der Waals surface area contributed by atoms with Crippen molar-refractivity contribution >= 4 is 51.9 Å². The summed E-state index contributed by atoms with van der Waals surface area (Å²) < 4.78 is 1.72. The van der Waals surface area contributed by atoms with E-state index in [1.54, 1.807) is 27.9 Å². The zero-order valence-electron chi connectivity index (χ0n) is 19.8. The number of nitrogens with one attached hydrogen (secondary N) is 1. The quantitative estimate of drug-likeness (QED) is 0.249. The van der Waals surface area contributed by atoms with Gasteiger partial charge in [-0.2, -0.15) is 4.57 Å². The maximum Gasteiger partial charge on any atom is 0.352 e. The SMILES string of the molecule is Cc1nnc(NC(=O)C[n+]2ccc(CN3CCC(=CC4=C(C(=O)O)N5C(=O)[C@@H](N)[C@H]5SC4)C3=O)cc2)s1. The number of hydrogen-bond acceptors (Lipinski definition) is 9. The molecule has 3 aliphatic rings. The van der Waals surface area contributed by atoms with E-state index in [0.717, 1.165) is 10.6 Å². The first kappa shape index (κ1) is 25.0. The second-order valence-electron chi connectivity index (χ2n) is 8.81. The number of carboxylic acids is 1. The van der Waals surface area contributed by atoms with Gasteiger partial charge in [-0.1, -0.05) is 11.3 Å². The number of carbonyl (C=O) groups is 4. The number of likely N-dealkylation sites (tertiary alicyclic amines) is 1. The van der Waals surface area contributed by atoms with E-state index in [0.29, 0.717) is 41.5 Å². The molecule has 3 aliphatic heterocycles. The van der Waals surface area contributed by atoms with Crippen molar-refractivity contribution < 1.29 is 28.9 Å². The van der Waals surface area contributed by atoms with Gasteiger partial charge in [-0.15, -0.1) is 22.0 Å². The van der Waals surface area contributed by atoms with Gasteiger partial charge in [0.2, 0.25) is 23.5 Å². The highest BCUT2D eigenvalue weighted by atomic mass is 32.2. The number of pyridine rings is 1. The topological polar surface area (TPSA) is 163 Å². The molecule has 0 bridgehead atoms. The Morgan fingerprint density at radius 2 is 2.05 bits per heavy atom. The lowest BCUT2D eigenvalue weighted by Crippen LogP contribution is -2.68. The van der Waals surface area contributed by atoms with Gasteiger partial charge >= 0.3 is 5.97 Å². The predicted molar refractivity (Wildman–Crippen MR) is 134 cm³/mol. The second kappa shape index (κ2) is 10.0. The fourth-order valence-electron chi connectivity index (χ4n) is 4.40. The van der Waals surface area contributed by atoms with Gasteiger partial charge in [0.15, 0.2) is 12.4 Å². The largest absolute Gasteiger partial charge is 0.477 e. The van der Waals surface area contributed by atoms with Gasteiger partial charge in [0.1, 0.15) is 22.1 Å². The average Bonchev–Trinajstić information content (AvgIpc) is 3.43. The maximum atomic E-state index is 13.0. The lowest BCUT2D eigenvalue weighted by atomic mass is 10.0. The molecule has 0 aliphatic carbocycles. The Kier molecular flexibility index (Phi) is 6.79. The molecule has 0 radical (unpaired) electrons. The smallest absolute Gasteiger partial charge is 0.352 e. The molecule has 0 aromatic carbocycles. The Bertz CT molecular complexity index is 1350. The highest BCUT2D eigenvalue weighted by Crippen LogP contribution is 2.40. The number of anilines is 1. The molecule has 0 unspecified atom stereocenters. The molecule has 0 saturated carbocycles. The number of aryl methyl sites for hydroxylation is 1. The van der Waals surface area contributed by atoms with Crippen molar-refractivity contribution in [3.8, 4) is 0 Å². The summed E-state index contributed by atoms with van der Waals surface area (Å²) in [7, 11) is 0. The summed E-state index contributed by atoms with van der Waals surface area (Å²) in [5.41, 5.74) is 7.56. The number of fused-ring (bicyclic) bond motifs is 1. The zero-order chi connectivity index (χ0) is 26.3. The van der Waals surface area contributed by atoms with Crippen LogP contribution in [0.1, 0.15) is 17.0 Å². The van der Waals surface area contributed by atoms with Crippen molar-refractivity contribution in [2.24, 2.45) is 5.73 Å². The third kappa shape index (κ3) is 4.99. The van der Waals surface area contributed by atoms with E-state index in [9.17, 15) is 24.3 Å². The van der Waals surface area contributed by atoms with Crippen molar-refractivity contribution in [3.05, 3.63) is 58.0 Å². The molecule has 2 fully saturated rings. The normalized spacial score (nSPS) is 22.4. The number of aliphatic carboxylic acids is 1. The molecular weight excluding hydrogens is 518 g/mol. The number of nitrogens with two attached hydrogens (primary N) is 1. The molecule has 0 spiro atoms. The van der Waals surface area contributed by atoms with Gasteiger partial charge in [-0.05, 0) is 30.6 Å². The summed E-state index contributed by atoms with van der Waals surface area (Å²) in [5.74, 6) is -1.64. The van der Waals surface area contributed by atoms with Gasteiger partial charge < -0.3 is 15.7 Å². The summed E-state index contributed by atoms with van der Waals surface area (Å²) in [6.45, 7) is 2.80. The standard InChI is InChI=1S/C23H23N7O5S2/c1-12-26-27-23(37-12)25-16(31)10-28-5-2-13(3-6-28)9-29-7-4-14(19(29)32)8-15-11-36-21-17(24)20(33)30(21)18(15)22(34)35/h2-3,5-6,8,17,21H,4,7,9-11,24H2,1H3,(H-,25,27,31,34,35)/p+1/t17-,21-/m1/s1. The van der Waals surface area contributed by atoms with Gasteiger partial charge in [0, 0.05) is 36.5 Å². The van der Waals surface area contributed by atoms with Crippen LogP contribution in [-0.2, 0) is 32.3 Å². The number of amides is 3. The van der Waals surface area contributed by atoms with Crippen LogP contribution in [0.5, 0.6) is 0 Å². The number of nitrogens with zero attached hydrogens (tertiary/aromatic N) is 5. The summed E-state index contributed by atoms with van der Waals surface area (Å²) in [5, 5.41) is 21.0. The molecule has 2 saturated heterocycles. The van der Waals surface area contributed by atoms with Crippen LogP contribution in [-0.4, -0.2) is 72.5 Å². The Morgan fingerprint density at radius 3 is 2.73 bits per heavy atom. The molecular formula is C23H24N7O5S2+. The van der Waals surface area contributed by atoms with Crippen LogP contribution in [0.2, 0.25) is 0 Å². The van der Waals surface area contributed by atoms with Crippen molar-refractivity contribution in [2.75, 3.05) is 17.6 Å². The third-order valence-corrected chi connectivity index (χ3v) is 8.31. The van der Waals surface area contributed by atoms with E-state index in [1.807, 2.05) is 19.1 Å². The monoisotopic (exact) mass is 542 g/mol. The van der Waals surface area contributed by atoms with Crippen LogP contribution >= 0.6 is 23.1 Å². The first-order valence-electron chi connectivity index (χ1n) is 11.5. The Morgan fingerprint density at radius 1 is 1.30 bits per heavy atom.